The van der Waals surface area contributed by atoms with Crippen LogP contribution in [0.1, 0.15) is 5.56 Å². The molecule has 0 bridgehead atoms. The minimum Gasteiger partial charge on any atom is -0.399 e. The molecule has 0 radical (unpaired) electrons. The summed E-state index contributed by atoms with van der Waals surface area (Å²) in [5, 5.41) is 10.3. The molecule has 3 heterocycles. The van der Waals surface area contributed by atoms with Crippen molar-refractivity contribution in [1.82, 2.24) is 20.2 Å². The summed E-state index contributed by atoms with van der Waals surface area (Å²) in [5.41, 5.74) is 5.91. The Morgan fingerprint density at radius 2 is 1.93 bits per heavy atom. The molecular weight excluding hydrogens is 393 g/mol. The quantitative estimate of drug-likeness (QED) is 0.417. The molecule has 0 atom stereocenters. The van der Waals surface area contributed by atoms with Gasteiger partial charge in [0.25, 0.3) is 0 Å². The summed E-state index contributed by atoms with van der Waals surface area (Å²) < 4.78 is 40.7. The number of aromatic amines is 1. The molecule has 6 nitrogen and oxygen atoms in total. The Morgan fingerprint density at radius 3 is 2.68 bits per heavy atom. The first kappa shape index (κ1) is 18.1. The molecule has 142 valence electrons. The molecular formula is C18H12ClF3N6. The fraction of sp³-hybridized carbons (Fsp3) is 0.0556. The Kier molecular flexibility index (Phi) is 4.31. The van der Waals surface area contributed by atoms with Crippen molar-refractivity contribution in [3.63, 3.8) is 0 Å². The second-order valence-corrected chi connectivity index (χ2v) is 6.40. The van der Waals surface area contributed by atoms with Gasteiger partial charge in [-0.15, -0.1) is 0 Å². The highest BCUT2D eigenvalue weighted by molar-refractivity contribution is 6.31. The third kappa shape index (κ3) is 3.44. The minimum absolute atomic E-state index is 0.129. The van der Waals surface area contributed by atoms with Gasteiger partial charge in [-0.05, 0) is 42.5 Å². The number of benzene rings is 1. The van der Waals surface area contributed by atoms with Crippen molar-refractivity contribution in [1.29, 1.82) is 0 Å². The Labute approximate surface area is 161 Å². The summed E-state index contributed by atoms with van der Waals surface area (Å²) in [7, 11) is 0. The SMILES string of the molecule is Nc1cc(Cl)cc(Nc2ccc(C(F)(F)F)c(-c3[nH]nc4ncccc34)n2)c1. The lowest BCUT2D eigenvalue weighted by Crippen LogP contribution is -2.10. The number of anilines is 3. The van der Waals surface area contributed by atoms with E-state index in [1.807, 2.05) is 0 Å². The van der Waals surface area contributed by atoms with E-state index in [-0.39, 0.29) is 17.2 Å². The van der Waals surface area contributed by atoms with Crippen LogP contribution in [0.15, 0.2) is 48.7 Å². The molecule has 4 aromatic rings. The van der Waals surface area contributed by atoms with E-state index >= 15 is 0 Å². The van der Waals surface area contributed by atoms with Gasteiger partial charge in [0, 0.05) is 28.0 Å². The number of halogens is 4. The number of aromatic nitrogens is 4. The van der Waals surface area contributed by atoms with Gasteiger partial charge in [0.15, 0.2) is 5.65 Å². The van der Waals surface area contributed by atoms with Crippen LogP contribution < -0.4 is 11.1 Å². The lowest BCUT2D eigenvalue weighted by Gasteiger charge is -2.14. The molecule has 0 fully saturated rings. The number of alkyl halides is 3. The van der Waals surface area contributed by atoms with E-state index in [2.05, 4.69) is 25.5 Å². The number of nitrogens with two attached hydrogens (primary N) is 1. The fourth-order valence-corrected chi connectivity index (χ4v) is 3.05. The topological polar surface area (TPSA) is 92.5 Å². The molecule has 1 aromatic carbocycles. The van der Waals surface area contributed by atoms with E-state index in [0.717, 1.165) is 6.07 Å². The largest absolute Gasteiger partial charge is 0.418 e. The zero-order chi connectivity index (χ0) is 19.9. The summed E-state index contributed by atoms with van der Waals surface area (Å²) in [6.45, 7) is 0. The molecule has 28 heavy (non-hydrogen) atoms. The zero-order valence-corrected chi connectivity index (χ0v) is 14.8. The number of nitrogens with one attached hydrogen (secondary N) is 2. The van der Waals surface area contributed by atoms with E-state index in [1.165, 1.54) is 12.3 Å². The van der Waals surface area contributed by atoms with E-state index in [4.69, 9.17) is 17.3 Å². The monoisotopic (exact) mass is 404 g/mol. The van der Waals surface area contributed by atoms with Gasteiger partial charge >= 0.3 is 6.18 Å². The maximum absolute atomic E-state index is 13.6. The first-order valence-corrected chi connectivity index (χ1v) is 8.40. The van der Waals surface area contributed by atoms with Crippen molar-refractivity contribution < 1.29 is 13.2 Å². The van der Waals surface area contributed by atoms with Crippen molar-refractivity contribution in [2.75, 3.05) is 11.1 Å². The number of hydrogen-bond donors (Lipinski definition) is 3. The van der Waals surface area contributed by atoms with Crippen LogP contribution in [0, 0.1) is 0 Å². The lowest BCUT2D eigenvalue weighted by molar-refractivity contribution is -0.137. The van der Waals surface area contributed by atoms with Crippen molar-refractivity contribution in [2.24, 2.45) is 0 Å². The number of nitrogens with zero attached hydrogens (tertiary/aromatic N) is 3. The van der Waals surface area contributed by atoms with E-state index < -0.39 is 11.7 Å². The Morgan fingerprint density at radius 1 is 1.11 bits per heavy atom. The maximum Gasteiger partial charge on any atom is 0.418 e. The molecule has 0 aliphatic heterocycles. The molecule has 10 heteroatoms. The average molecular weight is 405 g/mol. The maximum atomic E-state index is 13.6. The Bertz CT molecular complexity index is 1150. The first-order chi connectivity index (χ1) is 13.3. The number of H-pyrrole nitrogens is 1. The standard InChI is InChI=1S/C18H12ClF3N6/c19-9-6-10(23)8-11(7-9)25-14-4-3-13(18(20,21)22)16(26-14)15-12-2-1-5-24-17(12)28-27-15/h1-8H,23H2,(H,25,26)(H,24,27,28). The molecule has 0 unspecified atom stereocenters. The summed E-state index contributed by atoms with van der Waals surface area (Å²) in [5.74, 6) is 0.191. The van der Waals surface area contributed by atoms with Crippen LogP contribution >= 0.6 is 11.6 Å². The number of rotatable bonds is 3. The molecule has 0 saturated heterocycles. The van der Waals surface area contributed by atoms with Crippen LogP contribution in [0.5, 0.6) is 0 Å². The normalized spacial score (nSPS) is 11.7. The van der Waals surface area contributed by atoms with Crippen molar-refractivity contribution in [3.8, 4) is 11.4 Å². The van der Waals surface area contributed by atoms with Crippen LogP contribution in [0.4, 0.5) is 30.4 Å². The van der Waals surface area contributed by atoms with Crippen LogP contribution in [-0.2, 0) is 6.18 Å². The summed E-state index contributed by atoms with van der Waals surface area (Å²) in [6, 6.07) is 10.2. The Balaban J connectivity index is 1.84. The average Bonchev–Trinajstić information content (AvgIpc) is 3.04. The second kappa shape index (κ2) is 6.68. The van der Waals surface area contributed by atoms with Crippen LogP contribution in [-0.4, -0.2) is 20.2 Å². The third-order valence-electron chi connectivity index (χ3n) is 3.96. The molecule has 0 saturated carbocycles. The van der Waals surface area contributed by atoms with Crippen molar-refractivity contribution >= 4 is 39.8 Å². The number of hydrogen-bond acceptors (Lipinski definition) is 5. The second-order valence-electron chi connectivity index (χ2n) is 5.96. The predicted octanol–water partition coefficient (Wildman–Crippen LogP) is 5.02. The summed E-state index contributed by atoms with van der Waals surface area (Å²) in [6.07, 6.45) is -3.09. The summed E-state index contributed by atoms with van der Waals surface area (Å²) in [4.78, 5) is 8.21. The van der Waals surface area contributed by atoms with Gasteiger partial charge in [0.2, 0.25) is 0 Å². The van der Waals surface area contributed by atoms with Gasteiger partial charge in [-0.3, -0.25) is 5.10 Å². The fourth-order valence-electron chi connectivity index (χ4n) is 2.81. The molecule has 4 rings (SSSR count). The van der Waals surface area contributed by atoms with Crippen molar-refractivity contribution in [3.05, 3.63) is 59.2 Å². The molecule has 0 aliphatic rings. The van der Waals surface area contributed by atoms with Gasteiger partial charge in [0.1, 0.15) is 11.5 Å². The zero-order valence-electron chi connectivity index (χ0n) is 14.0. The molecule has 0 spiro atoms. The highest BCUT2D eigenvalue weighted by Crippen LogP contribution is 2.38. The number of nitrogen functional groups attached to an aromatic ring is 1. The van der Waals surface area contributed by atoms with E-state index in [9.17, 15) is 13.2 Å². The van der Waals surface area contributed by atoms with Gasteiger partial charge < -0.3 is 11.1 Å². The van der Waals surface area contributed by atoms with E-state index in [1.54, 1.807) is 30.3 Å². The highest BCUT2D eigenvalue weighted by Gasteiger charge is 2.35. The number of fused-ring (bicyclic) bond motifs is 1. The number of pyridine rings is 2. The lowest BCUT2D eigenvalue weighted by atomic mass is 10.1. The van der Waals surface area contributed by atoms with Gasteiger partial charge in [0.05, 0.1) is 11.3 Å². The molecule has 3 aromatic heterocycles. The predicted molar refractivity (Wildman–Crippen MR) is 101 cm³/mol. The minimum atomic E-state index is -4.60. The first-order valence-electron chi connectivity index (χ1n) is 8.02. The van der Waals surface area contributed by atoms with Crippen LogP contribution in [0.2, 0.25) is 5.02 Å². The van der Waals surface area contributed by atoms with Crippen LogP contribution in [0.3, 0.4) is 0 Å². The smallest absolute Gasteiger partial charge is 0.399 e. The van der Waals surface area contributed by atoms with Gasteiger partial charge in [-0.25, -0.2) is 9.97 Å². The molecule has 4 N–H and O–H groups in total. The van der Waals surface area contributed by atoms with Crippen LogP contribution in [0.25, 0.3) is 22.4 Å². The molecule has 0 aliphatic carbocycles. The summed E-state index contributed by atoms with van der Waals surface area (Å²) >= 11 is 5.97. The Hall–Kier alpha value is -3.33. The van der Waals surface area contributed by atoms with Gasteiger partial charge in [-0.2, -0.15) is 18.3 Å². The molecule has 0 amide bonds. The van der Waals surface area contributed by atoms with E-state index in [0.29, 0.717) is 27.4 Å². The highest BCUT2D eigenvalue weighted by atomic mass is 35.5. The third-order valence-corrected chi connectivity index (χ3v) is 4.18. The van der Waals surface area contributed by atoms with Gasteiger partial charge in [-0.1, -0.05) is 11.6 Å². The van der Waals surface area contributed by atoms with Crippen molar-refractivity contribution in [2.45, 2.75) is 6.18 Å².